The molecule has 16 heavy (non-hydrogen) atoms. The summed E-state index contributed by atoms with van der Waals surface area (Å²) in [5.41, 5.74) is 0.850. The summed E-state index contributed by atoms with van der Waals surface area (Å²) in [6.45, 7) is 4.07. The maximum Gasteiger partial charge on any atom is 0.291 e. The molecule has 0 radical (unpaired) electrons. The van der Waals surface area contributed by atoms with Gasteiger partial charge in [0.1, 0.15) is 5.82 Å². The lowest BCUT2D eigenvalue weighted by Crippen LogP contribution is -2.24. The van der Waals surface area contributed by atoms with Gasteiger partial charge in [-0.15, -0.1) is 16.4 Å². The van der Waals surface area contributed by atoms with Crippen LogP contribution in [0.15, 0.2) is 5.38 Å². The number of H-pyrrole nitrogens is 1. The monoisotopic (exact) mass is 237 g/mol. The molecule has 84 valence electrons. The van der Waals surface area contributed by atoms with Gasteiger partial charge in [0.25, 0.3) is 5.91 Å². The third-order valence-electron chi connectivity index (χ3n) is 1.90. The van der Waals surface area contributed by atoms with Crippen LogP contribution in [0, 0.1) is 13.8 Å². The molecular weight excluding hydrogens is 226 g/mol. The van der Waals surface area contributed by atoms with E-state index in [0.717, 1.165) is 10.7 Å². The van der Waals surface area contributed by atoms with Crippen LogP contribution in [0.1, 0.15) is 27.1 Å². The first-order chi connectivity index (χ1) is 7.65. The summed E-state index contributed by atoms with van der Waals surface area (Å²) in [5.74, 6) is 0.481. The van der Waals surface area contributed by atoms with Crippen LogP contribution in [-0.2, 0) is 6.54 Å². The highest BCUT2D eigenvalue weighted by molar-refractivity contribution is 7.09. The van der Waals surface area contributed by atoms with Gasteiger partial charge < -0.3 is 5.32 Å². The Balaban J connectivity index is 1.93. The fourth-order valence-corrected chi connectivity index (χ4v) is 1.80. The predicted molar refractivity (Wildman–Crippen MR) is 59.1 cm³/mol. The van der Waals surface area contributed by atoms with E-state index < -0.39 is 0 Å². The average molecular weight is 237 g/mol. The quantitative estimate of drug-likeness (QED) is 0.827. The molecule has 0 unspecified atom stereocenters. The van der Waals surface area contributed by atoms with E-state index in [4.69, 9.17) is 0 Å². The van der Waals surface area contributed by atoms with Gasteiger partial charge in [-0.1, -0.05) is 0 Å². The van der Waals surface area contributed by atoms with E-state index in [1.54, 1.807) is 18.3 Å². The fraction of sp³-hybridized carbons (Fsp3) is 0.333. The smallest absolute Gasteiger partial charge is 0.291 e. The Kier molecular flexibility index (Phi) is 2.95. The normalized spacial score (nSPS) is 10.4. The van der Waals surface area contributed by atoms with Gasteiger partial charge in [-0.25, -0.2) is 9.97 Å². The Morgan fingerprint density at radius 2 is 2.31 bits per heavy atom. The molecule has 0 spiro atoms. The van der Waals surface area contributed by atoms with Crippen LogP contribution in [0.4, 0.5) is 0 Å². The molecule has 2 heterocycles. The second-order valence-corrected chi connectivity index (χ2v) is 4.35. The number of carbonyl (C=O) groups is 1. The van der Waals surface area contributed by atoms with Crippen LogP contribution in [0.25, 0.3) is 0 Å². The number of aromatic amines is 1. The molecule has 0 saturated carbocycles. The maximum atomic E-state index is 11.6. The van der Waals surface area contributed by atoms with E-state index >= 15 is 0 Å². The minimum atomic E-state index is -0.296. The number of carbonyl (C=O) groups excluding carboxylic acids is 1. The van der Waals surface area contributed by atoms with E-state index in [2.05, 4.69) is 25.5 Å². The summed E-state index contributed by atoms with van der Waals surface area (Å²) in [6, 6.07) is 0. The molecule has 6 nitrogen and oxygen atoms in total. The summed E-state index contributed by atoms with van der Waals surface area (Å²) in [6.07, 6.45) is 0. The molecule has 2 N–H and O–H groups in total. The molecule has 0 saturated heterocycles. The van der Waals surface area contributed by atoms with Gasteiger partial charge in [0, 0.05) is 5.38 Å². The molecule has 2 aromatic heterocycles. The van der Waals surface area contributed by atoms with Crippen LogP contribution in [0.2, 0.25) is 0 Å². The number of rotatable bonds is 3. The van der Waals surface area contributed by atoms with Crippen molar-refractivity contribution in [1.29, 1.82) is 0 Å². The minimum Gasteiger partial charge on any atom is -0.344 e. The molecule has 7 heteroatoms. The van der Waals surface area contributed by atoms with Gasteiger partial charge in [-0.3, -0.25) is 9.89 Å². The number of aromatic nitrogens is 4. The van der Waals surface area contributed by atoms with Gasteiger partial charge in [0.2, 0.25) is 5.82 Å². The van der Waals surface area contributed by atoms with Crippen LogP contribution >= 0.6 is 11.3 Å². The Labute approximate surface area is 96.1 Å². The summed E-state index contributed by atoms with van der Waals surface area (Å²) in [7, 11) is 0. The lowest BCUT2D eigenvalue weighted by molar-refractivity contribution is 0.0940. The fourth-order valence-electron chi connectivity index (χ4n) is 1.18. The van der Waals surface area contributed by atoms with E-state index in [1.807, 2.05) is 12.3 Å². The molecule has 0 aliphatic heterocycles. The van der Waals surface area contributed by atoms with Crippen molar-refractivity contribution in [2.75, 3.05) is 0 Å². The van der Waals surface area contributed by atoms with Crippen molar-refractivity contribution in [3.8, 4) is 0 Å². The molecule has 0 aromatic carbocycles. The summed E-state index contributed by atoms with van der Waals surface area (Å²) >= 11 is 1.56. The highest BCUT2D eigenvalue weighted by Crippen LogP contribution is 2.07. The van der Waals surface area contributed by atoms with Gasteiger partial charge in [-0.05, 0) is 13.8 Å². The second kappa shape index (κ2) is 4.40. The van der Waals surface area contributed by atoms with Crippen LogP contribution in [0.3, 0.4) is 0 Å². The summed E-state index contributed by atoms with van der Waals surface area (Å²) < 4.78 is 0. The predicted octanol–water partition coefficient (Wildman–Crippen LogP) is 0.808. The average Bonchev–Trinajstić information content (AvgIpc) is 2.84. The number of amides is 1. The van der Waals surface area contributed by atoms with Crippen molar-refractivity contribution >= 4 is 17.2 Å². The zero-order valence-corrected chi connectivity index (χ0v) is 9.76. The summed E-state index contributed by atoms with van der Waals surface area (Å²) in [4.78, 5) is 19.7. The molecule has 1 amide bonds. The second-order valence-electron chi connectivity index (χ2n) is 3.28. The lowest BCUT2D eigenvalue weighted by atomic mass is 10.4. The number of hydrogen-bond acceptors (Lipinski definition) is 5. The first-order valence-corrected chi connectivity index (χ1v) is 5.61. The number of hydrogen-bond donors (Lipinski definition) is 2. The van der Waals surface area contributed by atoms with Crippen molar-refractivity contribution in [1.82, 2.24) is 25.5 Å². The summed E-state index contributed by atoms with van der Waals surface area (Å²) in [5, 5.41) is 12.0. The number of thiazole rings is 1. The van der Waals surface area contributed by atoms with E-state index in [9.17, 15) is 4.79 Å². The largest absolute Gasteiger partial charge is 0.344 e. The Morgan fingerprint density at radius 3 is 2.88 bits per heavy atom. The highest BCUT2D eigenvalue weighted by atomic mass is 32.1. The SMILES string of the molecule is Cc1nc(C(=O)NCc2csc(C)n2)n[nH]1. The van der Waals surface area contributed by atoms with Crippen molar-refractivity contribution in [3.05, 3.63) is 27.7 Å². The standard InChI is InChI=1S/C9H11N5OS/c1-5-11-8(14-13-5)9(15)10-3-7-4-16-6(2)12-7/h4H,3H2,1-2H3,(H,10,15)(H,11,13,14). The zero-order valence-electron chi connectivity index (χ0n) is 8.94. The van der Waals surface area contributed by atoms with Crippen LogP contribution < -0.4 is 5.32 Å². The van der Waals surface area contributed by atoms with E-state index in [0.29, 0.717) is 12.4 Å². The zero-order chi connectivity index (χ0) is 11.5. The minimum absolute atomic E-state index is 0.157. The Bertz CT molecular complexity index is 503. The molecule has 2 aromatic rings. The molecule has 2 rings (SSSR count). The van der Waals surface area contributed by atoms with Crippen molar-refractivity contribution < 1.29 is 4.79 Å². The molecular formula is C9H11N5OS. The number of nitrogens with zero attached hydrogens (tertiary/aromatic N) is 3. The Hall–Kier alpha value is -1.76. The lowest BCUT2D eigenvalue weighted by Gasteiger charge is -1.98. The molecule has 0 aliphatic rings. The van der Waals surface area contributed by atoms with Gasteiger partial charge in [-0.2, -0.15) is 0 Å². The topological polar surface area (TPSA) is 83.6 Å². The highest BCUT2D eigenvalue weighted by Gasteiger charge is 2.10. The van der Waals surface area contributed by atoms with E-state index in [1.165, 1.54) is 0 Å². The molecule has 0 aliphatic carbocycles. The van der Waals surface area contributed by atoms with Gasteiger partial charge >= 0.3 is 0 Å². The van der Waals surface area contributed by atoms with Gasteiger partial charge in [0.15, 0.2) is 0 Å². The third-order valence-corrected chi connectivity index (χ3v) is 2.72. The number of nitrogens with one attached hydrogen (secondary N) is 2. The molecule has 0 bridgehead atoms. The maximum absolute atomic E-state index is 11.6. The van der Waals surface area contributed by atoms with Crippen molar-refractivity contribution in [2.24, 2.45) is 0 Å². The molecule has 0 atom stereocenters. The third kappa shape index (κ3) is 2.43. The first kappa shape index (κ1) is 10.7. The van der Waals surface area contributed by atoms with Crippen LogP contribution in [-0.4, -0.2) is 26.1 Å². The van der Waals surface area contributed by atoms with E-state index in [-0.39, 0.29) is 11.7 Å². The van der Waals surface area contributed by atoms with Crippen molar-refractivity contribution in [2.45, 2.75) is 20.4 Å². The molecule has 0 fully saturated rings. The first-order valence-electron chi connectivity index (χ1n) is 4.73. The van der Waals surface area contributed by atoms with Crippen LogP contribution in [0.5, 0.6) is 0 Å². The Morgan fingerprint density at radius 1 is 1.50 bits per heavy atom. The number of aryl methyl sites for hydroxylation is 2. The van der Waals surface area contributed by atoms with Gasteiger partial charge in [0.05, 0.1) is 17.2 Å². The van der Waals surface area contributed by atoms with Crippen molar-refractivity contribution in [3.63, 3.8) is 0 Å².